The molecule has 13 heavy (non-hydrogen) atoms. The Morgan fingerprint density at radius 1 is 1.54 bits per heavy atom. The van der Waals surface area contributed by atoms with Gasteiger partial charge in [-0.25, -0.2) is 4.79 Å². The maximum atomic E-state index is 10.7. The van der Waals surface area contributed by atoms with Crippen molar-refractivity contribution in [3.63, 3.8) is 0 Å². The Bertz CT molecular complexity index is 475. The largest absolute Gasteiger partial charge is 0.478 e. The minimum Gasteiger partial charge on any atom is -0.478 e. The number of fused-ring (bicyclic) bond motifs is 1. The first-order valence-electron chi connectivity index (χ1n) is 3.74. The zero-order chi connectivity index (χ0) is 9.42. The monoisotopic (exact) mass is 177 g/mol. The van der Waals surface area contributed by atoms with Crippen LogP contribution in [-0.4, -0.2) is 25.7 Å². The molecule has 0 radical (unpaired) electrons. The van der Waals surface area contributed by atoms with Gasteiger partial charge in [-0.3, -0.25) is 4.40 Å². The van der Waals surface area contributed by atoms with Gasteiger partial charge in [0.05, 0.1) is 0 Å². The lowest BCUT2D eigenvalue weighted by atomic mass is 10.3. The Morgan fingerprint density at radius 2 is 2.31 bits per heavy atom. The van der Waals surface area contributed by atoms with Gasteiger partial charge in [-0.2, -0.15) is 0 Å². The van der Waals surface area contributed by atoms with Crippen LogP contribution in [-0.2, 0) is 0 Å². The fourth-order valence-corrected chi connectivity index (χ4v) is 1.20. The summed E-state index contributed by atoms with van der Waals surface area (Å²) in [4.78, 5) is 10.7. The topological polar surface area (TPSA) is 67.5 Å². The average Bonchev–Trinajstić information content (AvgIpc) is 2.48. The van der Waals surface area contributed by atoms with Gasteiger partial charge in [-0.15, -0.1) is 10.2 Å². The lowest BCUT2D eigenvalue weighted by Gasteiger charge is -1.96. The zero-order valence-electron chi connectivity index (χ0n) is 6.93. The molecule has 2 heterocycles. The third-order valence-corrected chi connectivity index (χ3v) is 1.84. The molecule has 0 amide bonds. The van der Waals surface area contributed by atoms with Crippen LogP contribution in [0.5, 0.6) is 0 Å². The normalized spacial score (nSPS) is 10.5. The van der Waals surface area contributed by atoms with Crippen LogP contribution in [0.25, 0.3) is 5.65 Å². The van der Waals surface area contributed by atoms with Crippen LogP contribution < -0.4 is 0 Å². The highest BCUT2D eigenvalue weighted by Crippen LogP contribution is 2.08. The maximum absolute atomic E-state index is 10.7. The number of carbonyl (C=O) groups is 1. The molecule has 5 heteroatoms. The van der Waals surface area contributed by atoms with Gasteiger partial charge in [-0.1, -0.05) is 0 Å². The zero-order valence-corrected chi connectivity index (χ0v) is 6.93. The Labute approximate surface area is 73.6 Å². The van der Waals surface area contributed by atoms with E-state index < -0.39 is 5.97 Å². The number of aryl methyl sites for hydroxylation is 1. The van der Waals surface area contributed by atoms with Gasteiger partial charge in [0, 0.05) is 6.20 Å². The van der Waals surface area contributed by atoms with Gasteiger partial charge < -0.3 is 5.11 Å². The van der Waals surface area contributed by atoms with Crippen molar-refractivity contribution in [3.8, 4) is 0 Å². The van der Waals surface area contributed by atoms with Gasteiger partial charge >= 0.3 is 5.97 Å². The molecule has 2 aromatic heterocycles. The summed E-state index contributed by atoms with van der Waals surface area (Å²) < 4.78 is 1.64. The summed E-state index contributed by atoms with van der Waals surface area (Å²) >= 11 is 0. The van der Waals surface area contributed by atoms with E-state index in [-0.39, 0.29) is 5.56 Å². The fraction of sp³-hybridized carbons (Fsp3) is 0.125. The van der Waals surface area contributed by atoms with Crippen LogP contribution >= 0.6 is 0 Å². The van der Waals surface area contributed by atoms with E-state index in [1.165, 1.54) is 6.07 Å². The lowest BCUT2D eigenvalue weighted by Crippen LogP contribution is -2.00. The van der Waals surface area contributed by atoms with Crippen molar-refractivity contribution >= 4 is 11.6 Å². The summed E-state index contributed by atoms with van der Waals surface area (Å²) in [6.45, 7) is 1.77. The number of rotatable bonds is 1. The number of hydrogen-bond acceptors (Lipinski definition) is 3. The molecule has 0 spiro atoms. The summed E-state index contributed by atoms with van der Waals surface area (Å²) in [5.74, 6) is -0.309. The number of carboxylic acid groups (broad SMARTS) is 1. The molecular weight excluding hydrogens is 170 g/mol. The summed E-state index contributed by atoms with van der Waals surface area (Å²) in [6.07, 6.45) is 1.73. The summed E-state index contributed by atoms with van der Waals surface area (Å²) in [7, 11) is 0. The predicted molar refractivity (Wildman–Crippen MR) is 44.7 cm³/mol. The van der Waals surface area contributed by atoms with Gasteiger partial charge in [0.1, 0.15) is 11.4 Å². The van der Waals surface area contributed by atoms with Crippen LogP contribution in [0.15, 0.2) is 18.3 Å². The van der Waals surface area contributed by atoms with Crippen LogP contribution in [0.2, 0.25) is 0 Å². The van der Waals surface area contributed by atoms with E-state index in [4.69, 9.17) is 5.11 Å². The van der Waals surface area contributed by atoms with Crippen LogP contribution in [0, 0.1) is 6.92 Å². The number of aromatic carboxylic acids is 1. The molecule has 1 N–H and O–H groups in total. The second-order valence-electron chi connectivity index (χ2n) is 2.67. The highest BCUT2D eigenvalue weighted by Gasteiger charge is 2.11. The summed E-state index contributed by atoms with van der Waals surface area (Å²) in [5, 5.41) is 16.4. The van der Waals surface area contributed by atoms with Crippen molar-refractivity contribution in [2.24, 2.45) is 0 Å². The third kappa shape index (κ3) is 1.05. The van der Waals surface area contributed by atoms with E-state index in [1.807, 2.05) is 0 Å². The van der Waals surface area contributed by atoms with Crippen molar-refractivity contribution in [2.75, 3.05) is 0 Å². The quantitative estimate of drug-likeness (QED) is 0.697. The van der Waals surface area contributed by atoms with Gasteiger partial charge in [0.15, 0.2) is 5.65 Å². The van der Waals surface area contributed by atoms with E-state index >= 15 is 0 Å². The number of aromatic nitrogens is 3. The molecule has 2 rings (SSSR count). The van der Waals surface area contributed by atoms with Crippen molar-refractivity contribution < 1.29 is 9.90 Å². The van der Waals surface area contributed by atoms with E-state index in [0.29, 0.717) is 11.5 Å². The van der Waals surface area contributed by atoms with Gasteiger partial charge in [0.2, 0.25) is 0 Å². The molecule has 0 fully saturated rings. The molecule has 0 unspecified atom stereocenters. The highest BCUT2D eigenvalue weighted by molar-refractivity contribution is 5.94. The van der Waals surface area contributed by atoms with E-state index in [0.717, 1.165) is 0 Å². The molecule has 0 saturated carbocycles. The molecule has 0 atom stereocenters. The molecule has 0 aliphatic heterocycles. The lowest BCUT2D eigenvalue weighted by molar-refractivity contribution is 0.0698. The second kappa shape index (κ2) is 2.55. The van der Waals surface area contributed by atoms with Crippen LogP contribution in [0.4, 0.5) is 0 Å². The van der Waals surface area contributed by atoms with E-state index in [1.54, 1.807) is 23.6 Å². The smallest absolute Gasteiger partial charge is 0.339 e. The molecule has 0 aromatic carbocycles. The molecule has 0 aliphatic carbocycles. The van der Waals surface area contributed by atoms with Crippen LogP contribution in [0.3, 0.4) is 0 Å². The molecule has 0 bridgehead atoms. The van der Waals surface area contributed by atoms with E-state index in [2.05, 4.69) is 10.2 Å². The molecular formula is C8H7N3O2. The third-order valence-electron chi connectivity index (χ3n) is 1.84. The van der Waals surface area contributed by atoms with E-state index in [9.17, 15) is 4.79 Å². The van der Waals surface area contributed by atoms with Gasteiger partial charge in [-0.05, 0) is 19.1 Å². The number of pyridine rings is 1. The first-order chi connectivity index (χ1) is 6.20. The Morgan fingerprint density at radius 3 is 3.00 bits per heavy atom. The first kappa shape index (κ1) is 7.72. The molecule has 2 aromatic rings. The molecule has 5 nitrogen and oxygen atoms in total. The average molecular weight is 177 g/mol. The highest BCUT2D eigenvalue weighted by atomic mass is 16.4. The Hall–Kier alpha value is -1.91. The second-order valence-corrected chi connectivity index (χ2v) is 2.67. The van der Waals surface area contributed by atoms with Crippen molar-refractivity contribution in [2.45, 2.75) is 6.92 Å². The molecule has 66 valence electrons. The Kier molecular flexibility index (Phi) is 1.51. The number of nitrogens with zero attached hydrogens (tertiary/aromatic N) is 3. The standard InChI is InChI=1S/C8H7N3O2/c1-5-9-10-7-6(8(12)13)3-2-4-11(5)7/h2-4H,1H3,(H,12,13). The minimum atomic E-state index is -0.988. The summed E-state index contributed by atoms with van der Waals surface area (Å²) in [5.41, 5.74) is 0.551. The van der Waals surface area contributed by atoms with Crippen LogP contribution in [0.1, 0.15) is 16.2 Å². The number of carboxylic acids is 1. The van der Waals surface area contributed by atoms with Crippen molar-refractivity contribution in [1.29, 1.82) is 0 Å². The minimum absolute atomic E-state index is 0.170. The predicted octanol–water partition coefficient (Wildman–Crippen LogP) is 0.736. The molecule has 0 aliphatic rings. The fourth-order valence-electron chi connectivity index (χ4n) is 1.20. The van der Waals surface area contributed by atoms with Crippen molar-refractivity contribution in [1.82, 2.24) is 14.6 Å². The van der Waals surface area contributed by atoms with Crippen molar-refractivity contribution in [3.05, 3.63) is 29.7 Å². The first-order valence-corrected chi connectivity index (χ1v) is 3.74. The van der Waals surface area contributed by atoms with Gasteiger partial charge in [0.25, 0.3) is 0 Å². The SMILES string of the molecule is Cc1nnc2c(C(=O)O)cccn12. The molecule has 0 saturated heterocycles. The maximum Gasteiger partial charge on any atom is 0.339 e. The number of hydrogen-bond donors (Lipinski definition) is 1. The summed E-state index contributed by atoms with van der Waals surface area (Å²) in [6, 6.07) is 3.17. The Balaban J connectivity index is 2.84.